The van der Waals surface area contributed by atoms with Crippen molar-refractivity contribution < 1.29 is 19.1 Å². The molecule has 5 nitrogen and oxygen atoms in total. The van der Waals surface area contributed by atoms with E-state index in [0.29, 0.717) is 16.3 Å². The molecule has 6 heteroatoms. The summed E-state index contributed by atoms with van der Waals surface area (Å²) >= 11 is 1.50. The first-order valence-electron chi connectivity index (χ1n) is 8.89. The fraction of sp³-hybridized carbons (Fsp3) is 0.400. The third kappa shape index (κ3) is 4.64. The molecule has 1 amide bonds. The largest absolute Gasteiger partial charge is 0.495 e. The summed E-state index contributed by atoms with van der Waals surface area (Å²) in [5.74, 6) is -0.264. The summed E-state index contributed by atoms with van der Waals surface area (Å²) in [6, 6.07) is 9.04. The maximum absolute atomic E-state index is 12.3. The van der Waals surface area contributed by atoms with Crippen molar-refractivity contribution in [1.82, 2.24) is 0 Å². The minimum absolute atomic E-state index is 0.320. The van der Waals surface area contributed by atoms with Gasteiger partial charge in [0.2, 0.25) is 0 Å². The Morgan fingerprint density at radius 2 is 1.88 bits per heavy atom. The Kier molecular flexibility index (Phi) is 6.28. The van der Waals surface area contributed by atoms with E-state index in [4.69, 9.17) is 9.47 Å². The molecule has 2 aromatic rings. The highest BCUT2D eigenvalue weighted by Crippen LogP contribution is 2.29. The van der Waals surface area contributed by atoms with Crippen molar-refractivity contribution in [2.24, 2.45) is 0 Å². The molecule has 0 saturated carbocycles. The van der Waals surface area contributed by atoms with Crippen LogP contribution in [0.25, 0.3) is 0 Å². The Hall–Kier alpha value is -2.34. The van der Waals surface area contributed by atoms with Crippen molar-refractivity contribution in [3.8, 4) is 5.75 Å². The maximum atomic E-state index is 12.3. The predicted molar refractivity (Wildman–Crippen MR) is 102 cm³/mol. The number of thiophene rings is 1. The number of benzene rings is 1. The summed E-state index contributed by atoms with van der Waals surface area (Å²) in [6.45, 7) is -0.320. The number of amides is 1. The summed E-state index contributed by atoms with van der Waals surface area (Å²) < 4.78 is 10.4. The topological polar surface area (TPSA) is 64.6 Å². The molecular weight excluding hydrogens is 350 g/mol. The monoisotopic (exact) mass is 373 g/mol. The van der Waals surface area contributed by atoms with Crippen LogP contribution in [0.1, 0.15) is 45.8 Å². The summed E-state index contributed by atoms with van der Waals surface area (Å²) in [7, 11) is 1.54. The number of ether oxygens (including phenoxy) is 2. The first-order valence-corrected chi connectivity index (χ1v) is 9.70. The Labute approximate surface area is 157 Å². The van der Waals surface area contributed by atoms with Crippen LogP contribution < -0.4 is 10.1 Å². The third-order valence-electron chi connectivity index (χ3n) is 4.41. The number of hydrogen-bond donors (Lipinski definition) is 1. The number of hydrogen-bond acceptors (Lipinski definition) is 5. The molecular formula is C20H23NO4S. The number of nitrogens with one attached hydrogen (secondary N) is 1. The molecule has 1 aliphatic carbocycles. The van der Waals surface area contributed by atoms with Crippen molar-refractivity contribution in [2.75, 3.05) is 19.0 Å². The normalized spacial score (nSPS) is 13.9. The second kappa shape index (κ2) is 8.85. The first-order chi connectivity index (χ1) is 12.7. The number of carbonyl (C=O) groups excluding carboxylic acids is 2. The van der Waals surface area contributed by atoms with Gasteiger partial charge in [-0.1, -0.05) is 25.0 Å². The molecule has 0 radical (unpaired) electrons. The zero-order valence-corrected chi connectivity index (χ0v) is 15.7. The lowest BCUT2D eigenvalue weighted by atomic mass is 10.00. The molecule has 0 atom stereocenters. The number of methoxy groups -OCH3 is 1. The van der Waals surface area contributed by atoms with Gasteiger partial charge in [-0.2, -0.15) is 0 Å². The second-order valence-electron chi connectivity index (χ2n) is 6.30. The van der Waals surface area contributed by atoms with Gasteiger partial charge in [0.1, 0.15) is 10.6 Å². The lowest BCUT2D eigenvalue weighted by Crippen LogP contribution is -2.20. The van der Waals surface area contributed by atoms with Crippen molar-refractivity contribution in [2.45, 2.75) is 38.5 Å². The number of esters is 1. The van der Waals surface area contributed by atoms with E-state index in [1.165, 1.54) is 54.6 Å². The van der Waals surface area contributed by atoms with Gasteiger partial charge in [-0.3, -0.25) is 4.79 Å². The van der Waals surface area contributed by atoms with Gasteiger partial charge in [0.25, 0.3) is 5.91 Å². The summed E-state index contributed by atoms with van der Waals surface area (Å²) in [5, 5.41) is 2.70. The number of aryl methyl sites for hydroxylation is 2. The highest BCUT2D eigenvalue weighted by atomic mass is 32.1. The lowest BCUT2D eigenvalue weighted by Gasteiger charge is -2.09. The highest BCUT2D eigenvalue weighted by molar-refractivity contribution is 7.14. The maximum Gasteiger partial charge on any atom is 0.348 e. The smallest absolute Gasteiger partial charge is 0.348 e. The number of rotatable bonds is 5. The Morgan fingerprint density at radius 1 is 1.12 bits per heavy atom. The molecule has 0 bridgehead atoms. The molecule has 138 valence electrons. The van der Waals surface area contributed by atoms with Crippen molar-refractivity contribution in [3.05, 3.63) is 45.6 Å². The highest BCUT2D eigenvalue weighted by Gasteiger charge is 2.18. The van der Waals surface area contributed by atoms with Crippen molar-refractivity contribution >= 4 is 28.9 Å². The van der Waals surface area contributed by atoms with Crippen LogP contribution in [-0.4, -0.2) is 25.6 Å². The molecule has 3 rings (SSSR count). The quantitative estimate of drug-likeness (QED) is 0.798. The van der Waals surface area contributed by atoms with Crippen LogP contribution in [0.3, 0.4) is 0 Å². The number of carbonyl (C=O) groups is 2. The van der Waals surface area contributed by atoms with E-state index in [1.807, 2.05) is 12.1 Å². The summed E-state index contributed by atoms with van der Waals surface area (Å²) in [5.41, 5.74) is 1.82. The molecule has 1 aromatic carbocycles. The molecule has 0 aliphatic heterocycles. The van der Waals surface area contributed by atoms with E-state index in [2.05, 4.69) is 5.32 Å². The molecule has 1 aromatic heterocycles. The standard InChI is InChI=1S/C20H23NO4S/c1-24-16-10-7-6-9-15(16)21-19(22)13-25-20(23)18-12-14-8-4-2-3-5-11-17(14)26-18/h6-7,9-10,12H,2-5,8,11,13H2,1H3,(H,21,22). The lowest BCUT2D eigenvalue weighted by molar-refractivity contribution is -0.119. The van der Waals surface area contributed by atoms with E-state index in [9.17, 15) is 9.59 Å². The molecule has 0 saturated heterocycles. The molecule has 0 fully saturated rings. The molecule has 0 spiro atoms. The zero-order valence-electron chi connectivity index (χ0n) is 14.9. The minimum atomic E-state index is -0.433. The number of para-hydroxylation sites is 2. The summed E-state index contributed by atoms with van der Waals surface area (Å²) in [4.78, 5) is 26.2. The van der Waals surface area contributed by atoms with Crippen LogP contribution in [0.15, 0.2) is 30.3 Å². The van der Waals surface area contributed by atoms with Crippen molar-refractivity contribution in [3.63, 3.8) is 0 Å². The zero-order chi connectivity index (χ0) is 18.4. The molecule has 26 heavy (non-hydrogen) atoms. The van der Waals surface area contributed by atoms with Gasteiger partial charge in [0.15, 0.2) is 6.61 Å². The third-order valence-corrected chi connectivity index (χ3v) is 5.63. The van der Waals surface area contributed by atoms with Gasteiger partial charge in [-0.15, -0.1) is 11.3 Å². The SMILES string of the molecule is COc1ccccc1NC(=O)COC(=O)c1cc2c(s1)CCCCCC2. The van der Waals surface area contributed by atoms with E-state index in [-0.39, 0.29) is 6.61 Å². The second-order valence-corrected chi connectivity index (χ2v) is 7.43. The molecule has 1 heterocycles. The van der Waals surface area contributed by atoms with Crippen LogP contribution in [0.5, 0.6) is 5.75 Å². The predicted octanol–water partition coefficient (Wildman–Crippen LogP) is 4.21. The Morgan fingerprint density at radius 3 is 2.69 bits per heavy atom. The van der Waals surface area contributed by atoms with E-state index < -0.39 is 11.9 Å². The van der Waals surface area contributed by atoms with Crippen LogP contribution in [0, 0.1) is 0 Å². The van der Waals surface area contributed by atoms with Crippen LogP contribution >= 0.6 is 11.3 Å². The van der Waals surface area contributed by atoms with Crippen LogP contribution in [0.4, 0.5) is 5.69 Å². The fourth-order valence-electron chi connectivity index (χ4n) is 3.08. The van der Waals surface area contributed by atoms with Gasteiger partial charge in [-0.25, -0.2) is 4.79 Å². The fourth-order valence-corrected chi connectivity index (χ4v) is 4.23. The number of fused-ring (bicyclic) bond motifs is 1. The molecule has 1 N–H and O–H groups in total. The first kappa shape index (κ1) is 18.5. The van der Waals surface area contributed by atoms with Crippen LogP contribution in [-0.2, 0) is 22.4 Å². The molecule has 1 aliphatic rings. The Bertz CT molecular complexity index is 758. The van der Waals surface area contributed by atoms with E-state index in [1.54, 1.807) is 18.2 Å². The minimum Gasteiger partial charge on any atom is -0.495 e. The van der Waals surface area contributed by atoms with E-state index >= 15 is 0 Å². The van der Waals surface area contributed by atoms with Gasteiger partial charge in [0.05, 0.1) is 12.8 Å². The van der Waals surface area contributed by atoms with Gasteiger partial charge < -0.3 is 14.8 Å². The van der Waals surface area contributed by atoms with Gasteiger partial charge >= 0.3 is 5.97 Å². The summed E-state index contributed by atoms with van der Waals surface area (Å²) in [6.07, 6.45) is 6.89. The molecule has 0 unspecified atom stereocenters. The van der Waals surface area contributed by atoms with Crippen molar-refractivity contribution in [1.29, 1.82) is 0 Å². The van der Waals surface area contributed by atoms with Gasteiger partial charge in [-0.05, 0) is 49.4 Å². The average Bonchev–Trinajstić information content (AvgIpc) is 3.02. The van der Waals surface area contributed by atoms with Gasteiger partial charge in [0, 0.05) is 4.88 Å². The van der Waals surface area contributed by atoms with E-state index in [0.717, 1.165) is 12.8 Å². The number of anilines is 1. The average molecular weight is 373 g/mol. The van der Waals surface area contributed by atoms with Crippen LogP contribution in [0.2, 0.25) is 0 Å². The Balaban J connectivity index is 1.56.